The number of anilines is 1. The van der Waals surface area contributed by atoms with Gasteiger partial charge in [0.2, 0.25) is 0 Å². The van der Waals surface area contributed by atoms with Gasteiger partial charge in [0.1, 0.15) is 11.4 Å². The number of rotatable bonds is 5. The fourth-order valence-corrected chi connectivity index (χ4v) is 6.22. The van der Waals surface area contributed by atoms with Gasteiger partial charge < -0.3 is 19.9 Å². The molecule has 208 valence electrons. The number of carbonyl (C=O) groups is 2. The van der Waals surface area contributed by atoms with Gasteiger partial charge in [-0.15, -0.1) is 12.3 Å². The highest BCUT2D eigenvalue weighted by Crippen LogP contribution is 2.49. The molecule has 40 heavy (non-hydrogen) atoms. The third-order valence-electron chi connectivity index (χ3n) is 7.76. The van der Waals surface area contributed by atoms with Gasteiger partial charge in [-0.3, -0.25) is 9.69 Å². The van der Waals surface area contributed by atoms with E-state index in [4.69, 9.17) is 15.7 Å². The Kier molecular flexibility index (Phi) is 6.97. The molecule has 8 nitrogen and oxygen atoms in total. The normalized spacial score (nSPS) is 22.8. The van der Waals surface area contributed by atoms with Crippen LogP contribution in [0.5, 0.6) is 0 Å². The molecule has 2 aliphatic heterocycles. The Labute approximate surface area is 235 Å². The predicted octanol–water partition coefficient (Wildman–Crippen LogP) is 5.54. The summed E-state index contributed by atoms with van der Waals surface area (Å²) in [6.45, 7) is 10.3. The van der Waals surface area contributed by atoms with E-state index in [1.165, 1.54) is 0 Å². The Morgan fingerprint density at radius 1 is 1.23 bits per heavy atom. The van der Waals surface area contributed by atoms with E-state index in [0.29, 0.717) is 31.7 Å². The standard InChI is InChI=1S/C32H36N4O4/c1-7-16-31(34-29(38)39-30(4,5)6)17-11-18-36(20-31)32(24-12-9-8-10-13-24)25-19-23(14-15-26(25)33-28(32)37)27-21(2)35-40-22(27)3/h1,8-10,12-15,19H,11,16-18,20H2,2-6H3,(H,33,37)(H,34,38)/t31-,32?/m1/s1. The van der Waals surface area contributed by atoms with Gasteiger partial charge >= 0.3 is 6.09 Å². The minimum Gasteiger partial charge on any atom is -0.444 e. The van der Waals surface area contributed by atoms with Gasteiger partial charge in [0, 0.05) is 29.8 Å². The quantitative estimate of drug-likeness (QED) is 0.413. The van der Waals surface area contributed by atoms with Crippen molar-refractivity contribution in [1.29, 1.82) is 0 Å². The largest absolute Gasteiger partial charge is 0.444 e. The van der Waals surface area contributed by atoms with Gasteiger partial charge in [0.15, 0.2) is 5.54 Å². The summed E-state index contributed by atoms with van der Waals surface area (Å²) in [6, 6.07) is 15.8. The van der Waals surface area contributed by atoms with Crippen LogP contribution >= 0.6 is 0 Å². The van der Waals surface area contributed by atoms with E-state index < -0.39 is 22.8 Å². The van der Waals surface area contributed by atoms with E-state index in [1.807, 2.05) is 77.1 Å². The zero-order valence-corrected chi connectivity index (χ0v) is 23.8. The Morgan fingerprint density at radius 3 is 2.62 bits per heavy atom. The van der Waals surface area contributed by atoms with Crippen molar-refractivity contribution < 1.29 is 18.8 Å². The average Bonchev–Trinajstić information content (AvgIpc) is 3.38. The molecule has 2 N–H and O–H groups in total. The fraction of sp³-hybridized carbons (Fsp3) is 0.406. The maximum Gasteiger partial charge on any atom is 0.408 e. The van der Waals surface area contributed by atoms with Crippen LogP contribution in [0, 0.1) is 26.2 Å². The molecule has 2 aromatic carbocycles. The molecule has 0 saturated carbocycles. The first-order valence-corrected chi connectivity index (χ1v) is 13.6. The highest BCUT2D eigenvalue weighted by atomic mass is 16.6. The predicted molar refractivity (Wildman–Crippen MR) is 154 cm³/mol. The Balaban J connectivity index is 1.64. The zero-order chi connectivity index (χ0) is 28.7. The third kappa shape index (κ3) is 4.75. The van der Waals surface area contributed by atoms with E-state index >= 15 is 0 Å². The lowest BCUT2D eigenvalue weighted by atomic mass is 9.77. The van der Waals surface area contributed by atoms with Crippen molar-refractivity contribution in [3.05, 3.63) is 71.1 Å². The van der Waals surface area contributed by atoms with Crippen molar-refractivity contribution in [2.75, 3.05) is 18.4 Å². The molecule has 1 fully saturated rings. The first kappa shape index (κ1) is 27.5. The molecule has 2 aliphatic rings. The van der Waals surface area contributed by atoms with Crippen LogP contribution in [0.1, 0.15) is 62.6 Å². The number of nitrogens with one attached hydrogen (secondary N) is 2. The van der Waals surface area contributed by atoms with Crippen molar-refractivity contribution in [1.82, 2.24) is 15.4 Å². The fourth-order valence-electron chi connectivity index (χ4n) is 6.22. The lowest BCUT2D eigenvalue weighted by Gasteiger charge is -2.49. The van der Waals surface area contributed by atoms with Crippen molar-refractivity contribution in [2.24, 2.45) is 0 Å². The number of amides is 2. The van der Waals surface area contributed by atoms with Crippen molar-refractivity contribution >= 4 is 17.7 Å². The summed E-state index contributed by atoms with van der Waals surface area (Å²) in [5.74, 6) is 3.34. The van der Waals surface area contributed by atoms with Crippen molar-refractivity contribution in [3.63, 3.8) is 0 Å². The maximum absolute atomic E-state index is 14.2. The molecular weight excluding hydrogens is 504 g/mol. The Bertz CT molecular complexity index is 1460. The van der Waals surface area contributed by atoms with Crippen molar-refractivity contribution in [3.8, 4) is 23.5 Å². The molecule has 2 atom stereocenters. The monoisotopic (exact) mass is 540 g/mol. The minimum absolute atomic E-state index is 0.140. The van der Waals surface area contributed by atoms with E-state index in [1.54, 1.807) is 0 Å². The highest BCUT2D eigenvalue weighted by Gasteiger charge is 2.55. The van der Waals surface area contributed by atoms with Crippen LogP contribution < -0.4 is 10.6 Å². The molecule has 5 rings (SSSR count). The average molecular weight is 541 g/mol. The Hall–Kier alpha value is -4.09. The van der Waals surface area contributed by atoms with Crippen LogP contribution in [-0.2, 0) is 15.1 Å². The molecular formula is C32H36N4O4. The molecule has 0 radical (unpaired) electrons. The number of ether oxygens (including phenoxy) is 1. The maximum atomic E-state index is 14.2. The number of hydrogen-bond acceptors (Lipinski definition) is 6. The van der Waals surface area contributed by atoms with Crippen LogP contribution in [-0.4, -0.2) is 46.3 Å². The van der Waals surface area contributed by atoms with Gasteiger partial charge in [-0.05, 0) is 77.3 Å². The second-order valence-electron chi connectivity index (χ2n) is 11.8. The third-order valence-corrected chi connectivity index (χ3v) is 7.76. The Morgan fingerprint density at radius 2 is 1.98 bits per heavy atom. The number of aromatic nitrogens is 1. The summed E-state index contributed by atoms with van der Waals surface area (Å²) < 4.78 is 11.1. The molecule has 1 aromatic heterocycles. The smallest absolute Gasteiger partial charge is 0.408 e. The van der Waals surface area contributed by atoms with E-state index in [2.05, 4.69) is 32.7 Å². The number of hydrogen-bond donors (Lipinski definition) is 2. The first-order valence-electron chi connectivity index (χ1n) is 13.6. The van der Waals surface area contributed by atoms with Gasteiger partial charge in [-0.25, -0.2) is 4.79 Å². The number of nitrogens with zero attached hydrogens (tertiary/aromatic N) is 2. The number of terminal acetylenes is 1. The summed E-state index contributed by atoms with van der Waals surface area (Å²) in [6.07, 6.45) is 7.04. The zero-order valence-electron chi connectivity index (χ0n) is 23.8. The van der Waals surface area contributed by atoms with Gasteiger partial charge in [-0.1, -0.05) is 41.6 Å². The first-order chi connectivity index (χ1) is 19.0. The number of aryl methyl sites for hydroxylation is 2. The molecule has 0 aliphatic carbocycles. The van der Waals surface area contributed by atoms with Crippen molar-refractivity contribution in [2.45, 2.75) is 70.6 Å². The minimum atomic E-state index is -1.14. The molecule has 8 heteroatoms. The van der Waals surface area contributed by atoms with E-state index in [-0.39, 0.29) is 5.91 Å². The van der Waals surface area contributed by atoms with Crippen LogP contribution in [0.3, 0.4) is 0 Å². The van der Waals surface area contributed by atoms with Gasteiger partial charge in [-0.2, -0.15) is 0 Å². The molecule has 3 aromatic rings. The highest BCUT2D eigenvalue weighted by molar-refractivity contribution is 6.09. The molecule has 0 spiro atoms. The number of fused-ring (bicyclic) bond motifs is 1. The second-order valence-corrected chi connectivity index (χ2v) is 11.8. The summed E-state index contributed by atoms with van der Waals surface area (Å²) in [5, 5.41) is 10.4. The number of alkyl carbamates (subject to hydrolysis) is 1. The van der Waals surface area contributed by atoms with Gasteiger partial charge in [0.05, 0.1) is 11.2 Å². The topological polar surface area (TPSA) is 96.7 Å². The summed E-state index contributed by atoms with van der Waals surface area (Å²) in [7, 11) is 0. The molecule has 1 saturated heterocycles. The van der Waals surface area contributed by atoms with E-state index in [9.17, 15) is 9.59 Å². The number of piperidine rings is 1. The summed E-state index contributed by atoms with van der Waals surface area (Å²) >= 11 is 0. The summed E-state index contributed by atoms with van der Waals surface area (Å²) in [4.78, 5) is 29.4. The van der Waals surface area contributed by atoms with E-state index in [0.717, 1.165) is 40.1 Å². The lowest BCUT2D eigenvalue weighted by molar-refractivity contribution is -0.126. The number of carbonyl (C=O) groups excluding carboxylic acids is 2. The summed E-state index contributed by atoms with van der Waals surface area (Å²) in [5.41, 5.74) is 2.50. The van der Waals surface area contributed by atoms with Crippen LogP contribution in [0.15, 0.2) is 53.1 Å². The molecule has 2 amide bonds. The molecule has 3 heterocycles. The lowest BCUT2D eigenvalue weighted by Crippen LogP contribution is -2.64. The molecule has 0 bridgehead atoms. The SMILES string of the molecule is C#CC[C@@]1(NC(=O)OC(C)(C)C)CCCN(C2(c3ccccc3)C(=O)Nc3ccc(-c4c(C)noc4C)cc32)C1. The van der Waals surface area contributed by atoms with Crippen LogP contribution in [0.2, 0.25) is 0 Å². The molecule has 1 unspecified atom stereocenters. The van der Waals surface area contributed by atoms with Crippen LogP contribution in [0.4, 0.5) is 10.5 Å². The van der Waals surface area contributed by atoms with Crippen LogP contribution in [0.25, 0.3) is 11.1 Å². The second kappa shape index (κ2) is 10.1. The van der Waals surface area contributed by atoms with Gasteiger partial charge in [0.25, 0.3) is 5.91 Å². The number of benzene rings is 2. The number of likely N-dealkylation sites (tertiary alicyclic amines) is 1.